The Kier molecular flexibility index (Phi) is 3.40. The molecule has 1 fully saturated rings. The molecule has 0 saturated carbocycles. The molecule has 2 aromatic carbocycles. The Morgan fingerprint density at radius 1 is 1.18 bits per heavy atom. The number of amides is 1. The van der Waals surface area contributed by atoms with Gasteiger partial charge in [0.15, 0.2) is 0 Å². The van der Waals surface area contributed by atoms with Gasteiger partial charge in [-0.1, -0.05) is 48.0 Å². The van der Waals surface area contributed by atoms with E-state index in [2.05, 4.69) is 0 Å². The molecule has 2 aromatic rings. The van der Waals surface area contributed by atoms with Crippen LogP contribution in [0.2, 0.25) is 5.02 Å². The van der Waals surface area contributed by atoms with E-state index in [1.807, 2.05) is 48.5 Å². The summed E-state index contributed by atoms with van der Waals surface area (Å²) in [5.74, 6) is 0.830. The van der Waals surface area contributed by atoms with Gasteiger partial charge in [0, 0.05) is 16.3 Å². The predicted molar refractivity (Wildman–Crippen MR) is 89.2 cm³/mol. The zero-order valence-corrected chi connectivity index (χ0v) is 13.4. The van der Waals surface area contributed by atoms with Crippen molar-refractivity contribution in [2.75, 3.05) is 17.3 Å². The zero-order valence-electron chi connectivity index (χ0n) is 11.8. The van der Waals surface area contributed by atoms with Gasteiger partial charge < -0.3 is 9.64 Å². The van der Waals surface area contributed by atoms with Crippen molar-refractivity contribution in [3.05, 3.63) is 64.7 Å². The van der Waals surface area contributed by atoms with Gasteiger partial charge in [-0.3, -0.25) is 4.79 Å². The Morgan fingerprint density at radius 2 is 1.95 bits per heavy atom. The fourth-order valence-electron chi connectivity index (χ4n) is 3.03. The molecule has 1 saturated heterocycles. The number of hydrogen-bond donors (Lipinski definition) is 0. The lowest BCUT2D eigenvalue weighted by Crippen LogP contribution is -2.37. The minimum atomic E-state index is -0.863. The molecule has 1 spiro atoms. The minimum absolute atomic E-state index is 0.00359. The maximum absolute atomic E-state index is 13.0. The number of carbonyl (C=O) groups is 1. The summed E-state index contributed by atoms with van der Waals surface area (Å²) in [6.07, 6.45) is 0. The van der Waals surface area contributed by atoms with E-state index >= 15 is 0 Å². The van der Waals surface area contributed by atoms with E-state index < -0.39 is 4.93 Å². The van der Waals surface area contributed by atoms with Gasteiger partial charge in [-0.2, -0.15) is 0 Å². The van der Waals surface area contributed by atoms with Crippen LogP contribution in [0.25, 0.3) is 0 Å². The number of benzene rings is 2. The van der Waals surface area contributed by atoms with Crippen molar-refractivity contribution in [3.63, 3.8) is 0 Å². The summed E-state index contributed by atoms with van der Waals surface area (Å²) in [6, 6.07) is 15.5. The Balaban J connectivity index is 1.78. The molecule has 0 unspecified atom stereocenters. The number of nitrogens with zero attached hydrogens (tertiary/aromatic N) is 1. The SMILES string of the molecule is O=C1N(Cc2ccccc2Cl)c2ccccc2[C@]12OCCS2. The molecular formula is C17H14ClNO2S. The van der Waals surface area contributed by atoms with Crippen molar-refractivity contribution in [2.45, 2.75) is 11.5 Å². The summed E-state index contributed by atoms with van der Waals surface area (Å²) in [4.78, 5) is 14.0. The fourth-order valence-corrected chi connectivity index (χ4v) is 4.41. The second-order valence-electron chi connectivity index (χ2n) is 5.31. The summed E-state index contributed by atoms with van der Waals surface area (Å²) in [7, 11) is 0. The smallest absolute Gasteiger partial charge is 0.275 e. The molecule has 1 atom stereocenters. The predicted octanol–water partition coefficient (Wildman–Crippen LogP) is 3.80. The first-order valence-electron chi connectivity index (χ1n) is 7.15. The van der Waals surface area contributed by atoms with Crippen LogP contribution in [0.15, 0.2) is 48.5 Å². The van der Waals surface area contributed by atoms with Crippen LogP contribution < -0.4 is 4.90 Å². The highest BCUT2D eigenvalue weighted by atomic mass is 35.5. The largest absolute Gasteiger partial charge is 0.350 e. The number of thioether (sulfide) groups is 1. The lowest BCUT2D eigenvalue weighted by atomic mass is 10.1. The van der Waals surface area contributed by atoms with E-state index in [4.69, 9.17) is 16.3 Å². The molecule has 5 heteroatoms. The van der Waals surface area contributed by atoms with Crippen LogP contribution in [0.5, 0.6) is 0 Å². The van der Waals surface area contributed by atoms with Crippen molar-refractivity contribution in [1.29, 1.82) is 0 Å². The number of halogens is 1. The van der Waals surface area contributed by atoms with Crippen molar-refractivity contribution in [2.24, 2.45) is 0 Å². The molecule has 0 aliphatic carbocycles. The molecule has 2 heterocycles. The van der Waals surface area contributed by atoms with Crippen LogP contribution in [0.4, 0.5) is 5.69 Å². The second-order valence-corrected chi connectivity index (χ2v) is 6.99. The topological polar surface area (TPSA) is 29.5 Å². The van der Waals surface area contributed by atoms with Crippen LogP contribution in [-0.2, 0) is 21.0 Å². The summed E-state index contributed by atoms with van der Waals surface area (Å²) in [5.41, 5.74) is 2.81. The molecule has 0 N–H and O–H groups in total. The van der Waals surface area contributed by atoms with Crippen molar-refractivity contribution < 1.29 is 9.53 Å². The van der Waals surface area contributed by atoms with Crippen LogP contribution in [-0.4, -0.2) is 18.3 Å². The highest BCUT2D eigenvalue weighted by molar-refractivity contribution is 8.01. The van der Waals surface area contributed by atoms with Gasteiger partial charge in [-0.15, -0.1) is 11.8 Å². The third-order valence-electron chi connectivity index (χ3n) is 4.06. The molecule has 22 heavy (non-hydrogen) atoms. The molecular weight excluding hydrogens is 318 g/mol. The number of carbonyl (C=O) groups excluding carboxylic acids is 1. The summed E-state index contributed by atoms with van der Waals surface area (Å²) >= 11 is 7.83. The molecule has 0 radical (unpaired) electrons. The van der Waals surface area contributed by atoms with Gasteiger partial charge in [0.25, 0.3) is 5.91 Å². The lowest BCUT2D eigenvalue weighted by molar-refractivity contribution is -0.131. The molecule has 112 valence electrons. The maximum atomic E-state index is 13.0. The zero-order chi connectivity index (χ0) is 15.2. The Morgan fingerprint density at radius 3 is 2.73 bits per heavy atom. The first kappa shape index (κ1) is 14.1. The van der Waals surface area contributed by atoms with Gasteiger partial charge in [0.1, 0.15) is 0 Å². The van der Waals surface area contributed by atoms with Crippen molar-refractivity contribution in [1.82, 2.24) is 0 Å². The molecule has 3 nitrogen and oxygen atoms in total. The first-order valence-corrected chi connectivity index (χ1v) is 8.51. The second kappa shape index (κ2) is 5.30. The van der Waals surface area contributed by atoms with E-state index in [0.717, 1.165) is 22.6 Å². The number of anilines is 1. The normalized spacial score (nSPS) is 23.3. The number of hydrogen-bond acceptors (Lipinski definition) is 3. The third-order valence-corrected chi connectivity index (χ3v) is 5.71. The van der Waals surface area contributed by atoms with Crippen LogP contribution in [0.3, 0.4) is 0 Å². The average Bonchev–Trinajstić information content (AvgIpc) is 3.11. The molecule has 0 aromatic heterocycles. The van der Waals surface area contributed by atoms with E-state index in [1.165, 1.54) is 0 Å². The Labute approximate surface area is 138 Å². The molecule has 1 amide bonds. The van der Waals surface area contributed by atoms with Gasteiger partial charge >= 0.3 is 0 Å². The molecule has 0 bridgehead atoms. The van der Waals surface area contributed by atoms with Gasteiger partial charge in [-0.25, -0.2) is 0 Å². The minimum Gasteiger partial charge on any atom is -0.350 e. The van der Waals surface area contributed by atoms with Gasteiger partial charge in [-0.05, 0) is 17.7 Å². The van der Waals surface area contributed by atoms with Crippen LogP contribution >= 0.6 is 23.4 Å². The third kappa shape index (κ3) is 1.98. The number of para-hydroxylation sites is 1. The number of rotatable bonds is 2. The molecule has 2 aliphatic rings. The van der Waals surface area contributed by atoms with Crippen molar-refractivity contribution in [3.8, 4) is 0 Å². The quantitative estimate of drug-likeness (QED) is 0.838. The van der Waals surface area contributed by atoms with Crippen LogP contribution in [0, 0.1) is 0 Å². The standard InChI is InChI=1S/C17H14ClNO2S/c18-14-7-3-1-5-12(14)11-19-15-8-4-2-6-13(15)17(16(19)20)21-9-10-22-17/h1-8H,9-11H2/t17-/m1/s1. The summed E-state index contributed by atoms with van der Waals surface area (Å²) < 4.78 is 5.88. The van der Waals surface area contributed by atoms with Crippen LogP contribution in [0.1, 0.15) is 11.1 Å². The van der Waals surface area contributed by atoms with E-state index in [9.17, 15) is 4.79 Å². The lowest BCUT2D eigenvalue weighted by Gasteiger charge is -2.22. The number of fused-ring (bicyclic) bond motifs is 2. The van der Waals surface area contributed by atoms with E-state index in [1.54, 1.807) is 16.7 Å². The van der Waals surface area contributed by atoms with Gasteiger partial charge in [0.05, 0.1) is 18.8 Å². The fraction of sp³-hybridized carbons (Fsp3) is 0.235. The summed E-state index contributed by atoms with van der Waals surface area (Å²) in [5, 5.41) is 0.675. The Bertz CT molecular complexity index is 743. The highest BCUT2D eigenvalue weighted by Gasteiger charge is 2.54. The van der Waals surface area contributed by atoms with Crippen molar-refractivity contribution >= 4 is 35.0 Å². The number of ether oxygens (including phenoxy) is 1. The Hall–Kier alpha value is -1.49. The summed E-state index contributed by atoms with van der Waals surface area (Å²) in [6.45, 7) is 1.06. The molecule has 4 rings (SSSR count). The first-order chi connectivity index (χ1) is 10.7. The average molecular weight is 332 g/mol. The monoisotopic (exact) mass is 331 g/mol. The molecule has 2 aliphatic heterocycles. The van der Waals surface area contributed by atoms with E-state index in [0.29, 0.717) is 18.2 Å². The van der Waals surface area contributed by atoms with E-state index in [-0.39, 0.29) is 5.91 Å². The van der Waals surface area contributed by atoms with Gasteiger partial charge in [0.2, 0.25) is 4.93 Å². The highest BCUT2D eigenvalue weighted by Crippen LogP contribution is 2.52. The maximum Gasteiger partial charge on any atom is 0.275 e.